The van der Waals surface area contributed by atoms with Gasteiger partial charge in [-0.25, -0.2) is 4.98 Å². The first kappa shape index (κ1) is 7.56. The Morgan fingerprint density at radius 3 is 2.92 bits per heavy atom. The number of nitriles is 1. The topological polar surface area (TPSA) is 41.6 Å². The smallest absolute Gasteiger partial charge is 0.109 e. The van der Waals surface area contributed by atoms with Gasteiger partial charge in [-0.3, -0.25) is 0 Å². The Bertz CT molecular complexity index is 437. The van der Waals surface area contributed by atoms with Crippen molar-refractivity contribution >= 4 is 0 Å². The summed E-state index contributed by atoms with van der Waals surface area (Å²) in [5, 5.41) is 8.82. The van der Waals surface area contributed by atoms with Crippen molar-refractivity contribution in [2.75, 3.05) is 0 Å². The van der Waals surface area contributed by atoms with E-state index in [4.69, 9.17) is 5.26 Å². The van der Waals surface area contributed by atoms with Gasteiger partial charge in [-0.15, -0.1) is 0 Å². The zero-order valence-corrected chi connectivity index (χ0v) is 6.81. The molecular weight excluding hydrogens is 162 g/mol. The second kappa shape index (κ2) is 3.11. The lowest BCUT2D eigenvalue weighted by molar-refractivity contribution is 1.05. The van der Waals surface area contributed by atoms with Gasteiger partial charge < -0.3 is 4.57 Å². The van der Waals surface area contributed by atoms with Crippen molar-refractivity contribution in [2.24, 2.45) is 0 Å². The van der Waals surface area contributed by atoms with E-state index in [0.29, 0.717) is 5.56 Å². The number of nitrogens with zero attached hydrogens (tertiary/aromatic N) is 3. The molecule has 1 heterocycles. The lowest BCUT2D eigenvalue weighted by Gasteiger charge is -2.02. The Morgan fingerprint density at radius 1 is 1.38 bits per heavy atom. The van der Waals surface area contributed by atoms with Gasteiger partial charge in [0.1, 0.15) is 18.6 Å². The molecule has 0 bridgehead atoms. The minimum absolute atomic E-state index is 0.633. The first-order chi connectivity index (χ1) is 6.42. The van der Waals surface area contributed by atoms with Gasteiger partial charge in [0.25, 0.3) is 0 Å². The molecule has 0 fully saturated rings. The Kier molecular flexibility index (Phi) is 1.81. The maximum absolute atomic E-state index is 8.82. The highest BCUT2D eigenvalue weighted by molar-refractivity contribution is 5.48. The Morgan fingerprint density at radius 2 is 2.23 bits per heavy atom. The molecule has 3 heteroatoms. The highest BCUT2D eigenvalue weighted by Gasteiger charge is 2.00. The van der Waals surface area contributed by atoms with Gasteiger partial charge in [-0.05, 0) is 12.1 Å². The fourth-order valence-corrected chi connectivity index (χ4v) is 1.15. The molecule has 13 heavy (non-hydrogen) atoms. The molecule has 61 valence electrons. The second-order valence-corrected chi connectivity index (χ2v) is 2.54. The van der Waals surface area contributed by atoms with Crippen LogP contribution >= 0.6 is 0 Å². The third-order valence-corrected chi connectivity index (χ3v) is 1.76. The Balaban J connectivity index is 2.59. The van der Waals surface area contributed by atoms with Crippen molar-refractivity contribution in [2.45, 2.75) is 0 Å². The molecule has 1 radical (unpaired) electrons. The number of hydrogen-bond donors (Lipinski definition) is 0. The largest absolute Gasteiger partial charge is 0.304 e. The molecule has 0 spiro atoms. The molecule has 0 aliphatic rings. The Hall–Kier alpha value is -2.08. The summed E-state index contributed by atoms with van der Waals surface area (Å²) >= 11 is 0. The zero-order chi connectivity index (χ0) is 9.10. The number of hydrogen-bond acceptors (Lipinski definition) is 2. The molecule has 3 nitrogen and oxygen atoms in total. The van der Waals surface area contributed by atoms with Crippen LogP contribution in [0.2, 0.25) is 0 Å². The van der Waals surface area contributed by atoms with Gasteiger partial charge in [0.05, 0.1) is 11.3 Å². The van der Waals surface area contributed by atoms with Gasteiger partial charge in [0.15, 0.2) is 0 Å². The summed E-state index contributed by atoms with van der Waals surface area (Å²) in [5.41, 5.74) is 1.47. The monoisotopic (exact) mass is 168 g/mol. The van der Waals surface area contributed by atoms with Crippen molar-refractivity contribution in [3.63, 3.8) is 0 Å². The van der Waals surface area contributed by atoms with Gasteiger partial charge >= 0.3 is 0 Å². The number of para-hydroxylation sites is 1. The van der Waals surface area contributed by atoms with Crippen LogP contribution in [0.4, 0.5) is 0 Å². The summed E-state index contributed by atoms with van der Waals surface area (Å²) in [5.74, 6) is 0. The zero-order valence-electron chi connectivity index (χ0n) is 6.81. The molecule has 0 unspecified atom stereocenters. The summed E-state index contributed by atoms with van der Waals surface area (Å²) in [6.45, 7) is 0. The van der Waals surface area contributed by atoms with Crippen LogP contribution in [0.15, 0.2) is 36.8 Å². The van der Waals surface area contributed by atoms with E-state index in [0.717, 1.165) is 5.69 Å². The fourth-order valence-electron chi connectivity index (χ4n) is 1.15. The van der Waals surface area contributed by atoms with Crippen molar-refractivity contribution in [3.05, 3.63) is 48.5 Å². The summed E-state index contributed by atoms with van der Waals surface area (Å²) in [7, 11) is 0. The standard InChI is InChI=1S/C10H6N3/c11-7-9-3-1-2-4-10(9)13-6-5-12-8-13/h1-4,6,8H. The number of imidazole rings is 1. The molecule has 2 rings (SSSR count). The maximum atomic E-state index is 8.82. The lowest BCUT2D eigenvalue weighted by atomic mass is 10.2. The molecule has 0 aliphatic carbocycles. The van der Waals surface area contributed by atoms with Crippen LogP contribution in [-0.2, 0) is 0 Å². The fraction of sp³-hybridized carbons (Fsp3) is 0. The van der Waals surface area contributed by atoms with Crippen LogP contribution < -0.4 is 0 Å². The molecule has 1 aromatic heterocycles. The normalized spacial score (nSPS) is 9.46. The van der Waals surface area contributed by atoms with E-state index in [-0.39, 0.29) is 0 Å². The van der Waals surface area contributed by atoms with Gasteiger partial charge in [0.2, 0.25) is 0 Å². The van der Waals surface area contributed by atoms with Crippen molar-refractivity contribution in [1.82, 2.24) is 9.55 Å². The summed E-state index contributed by atoms with van der Waals surface area (Å²) in [6.07, 6.45) is 5.99. The molecular formula is C10H6N3. The third kappa shape index (κ3) is 1.30. The predicted molar refractivity (Wildman–Crippen MR) is 47.1 cm³/mol. The van der Waals surface area contributed by atoms with E-state index in [1.807, 2.05) is 18.2 Å². The van der Waals surface area contributed by atoms with Crippen molar-refractivity contribution < 1.29 is 0 Å². The lowest BCUT2D eigenvalue weighted by Crippen LogP contribution is -1.93. The first-order valence-electron chi connectivity index (χ1n) is 3.81. The van der Waals surface area contributed by atoms with Crippen LogP contribution in [0.3, 0.4) is 0 Å². The van der Waals surface area contributed by atoms with Crippen LogP contribution in [0.5, 0.6) is 0 Å². The maximum Gasteiger partial charge on any atom is 0.109 e. The average Bonchev–Trinajstić information content (AvgIpc) is 2.70. The van der Waals surface area contributed by atoms with Crippen LogP contribution in [0.25, 0.3) is 5.69 Å². The Labute approximate surface area is 75.9 Å². The summed E-state index contributed by atoms with van der Waals surface area (Å²) < 4.78 is 1.76. The van der Waals surface area contributed by atoms with E-state index in [9.17, 15) is 0 Å². The second-order valence-electron chi connectivity index (χ2n) is 2.54. The molecule has 0 amide bonds. The van der Waals surface area contributed by atoms with Crippen molar-refractivity contribution in [1.29, 1.82) is 5.26 Å². The summed E-state index contributed by atoms with van der Waals surface area (Å²) in [4.78, 5) is 3.80. The average molecular weight is 168 g/mol. The SMILES string of the molecule is N#Cc1ccccc1-n1c[c]nc1. The van der Waals surface area contributed by atoms with Gasteiger partial charge in [-0.2, -0.15) is 5.26 Å². The molecule has 1 aromatic carbocycles. The highest BCUT2D eigenvalue weighted by atomic mass is 15.0. The molecule has 2 aromatic rings. The minimum Gasteiger partial charge on any atom is -0.304 e. The first-order valence-corrected chi connectivity index (χ1v) is 3.81. The van der Waals surface area contributed by atoms with Gasteiger partial charge in [0, 0.05) is 6.20 Å². The number of aromatic nitrogens is 2. The summed E-state index contributed by atoms with van der Waals surface area (Å²) in [6, 6.07) is 9.48. The predicted octanol–water partition coefficient (Wildman–Crippen LogP) is 1.54. The molecule has 0 N–H and O–H groups in total. The quantitative estimate of drug-likeness (QED) is 0.648. The number of rotatable bonds is 1. The van der Waals surface area contributed by atoms with Crippen LogP contribution in [0, 0.1) is 17.5 Å². The number of benzene rings is 1. The third-order valence-electron chi connectivity index (χ3n) is 1.76. The van der Waals surface area contributed by atoms with E-state index in [1.54, 1.807) is 23.2 Å². The molecule has 0 saturated heterocycles. The minimum atomic E-state index is 0.633. The molecule has 0 saturated carbocycles. The van der Waals surface area contributed by atoms with Crippen LogP contribution in [0.1, 0.15) is 5.56 Å². The van der Waals surface area contributed by atoms with E-state index in [1.165, 1.54) is 0 Å². The van der Waals surface area contributed by atoms with Crippen LogP contribution in [-0.4, -0.2) is 9.55 Å². The van der Waals surface area contributed by atoms with Crippen molar-refractivity contribution in [3.8, 4) is 11.8 Å². The van der Waals surface area contributed by atoms with E-state index >= 15 is 0 Å². The molecule has 0 aliphatic heterocycles. The van der Waals surface area contributed by atoms with Gasteiger partial charge in [-0.1, -0.05) is 12.1 Å². The highest BCUT2D eigenvalue weighted by Crippen LogP contribution is 2.11. The molecule has 0 atom stereocenters. The van der Waals surface area contributed by atoms with E-state index < -0.39 is 0 Å². The van der Waals surface area contributed by atoms with E-state index in [2.05, 4.69) is 17.3 Å².